The van der Waals surface area contributed by atoms with Crippen LogP contribution in [0.15, 0.2) is 30.9 Å². The molecule has 0 aliphatic rings. The van der Waals surface area contributed by atoms with E-state index >= 15 is 0 Å². The summed E-state index contributed by atoms with van der Waals surface area (Å²) in [4.78, 5) is 0. The molecule has 2 heteroatoms. The van der Waals surface area contributed by atoms with Crippen LogP contribution in [0.3, 0.4) is 0 Å². The molecule has 2 N–H and O–H groups in total. The molecule has 0 aliphatic carbocycles. The van der Waals surface area contributed by atoms with Gasteiger partial charge in [0.25, 0.3) is 0 Å². The highest BCUT2D eigenvalue weighted by molar-refractivity contribution is 6.31. The first kappa shape index (κ1) is 10.3. The Labute approximate surface area is 84.2 Å². The summed E-state index contributed by atoms with van der Waals surface area (Å²) in [5, 5.41) is 0.728. The first-order chi connectivity index (χ1) is 6.20. The SMILES string of the molecule is C=C[C@H](N)c1c(Cl)cccc1CC. The van der Waals surface area contributed by atoms with Crippen LogP contribution in [0.25, 0.3) is 0 Å². The first-order valence-electron chi connectivity index (χ1n) is 4.36. The Bertz CT molecular complexity index is 307. The number of benzene rings is 1. The maximum absolute atomic E-state index is 6.05. The first-order valence-corrected chi connectivity index (χ1v) is 4.74. The predicted octanol–water partition coefficient (Wildman–Crippen LogP) is 3.09. The highest BCUT2D eigenvalue weighted by Gasteiger charge is 2.10. The average molecular weight is 196 g/mol. The number of hydrogen-bond acceptors (Lipinski definition) is 1. The van der Waals surface area contributed by atoms with Gasteiger partial charge >= 0.3 is 0 Å². The van der Waals surface area contributed by atoms with Crippen LogP contribution in [0.4, 0.5) is 0 Å². The van der Waals surface area contributed by atoms with Gasteiger partial charge in [-0.1, -0.05) is 36.7 Å². The van der Waals surface area contributed by atoms with Crippen molar-refractivity contribution in [3.8, 4) is 0 Å². The largest absolute Gasteiger partial charge is 0.321 e. The second-order valence-electron chi connectivity index (χ2n) is 2.93. The van der Waals surface area contributed by atoms with E-state index in [1.54, 1.807) is 6.08 Å². The van der Waals surface area contributed by atoms with Crippen molar-refractivity contribution < 1.29 is 0 Å². The fourth-order valence-corrected chi connectivity index (χ4v) is 1.70. The molecule has 0 saturated heterocycles. The Kier molecular flexibility index (Phi) is 3.52. The Morgan fingerprint density at radius 2 is 2.31 bits per heavy atom. The van der Waals surface area contributed by atoms with E-state index in [4.69, 9.17) is 17.3 Å². The van der Waals surface area contributed by atoms with Crippen LogP contribution in [0, 0.1) is 0 Å². The van der Waals surface area contributed by atoms with E-state index in [0.717, 1.165) is 17.0 Å². The highest BCUT2D eigenvalue weighted by atomic mass is 35.5. The molecule has 1 nitrogen and oxygen atoms in total. The van der Waals surface area contributed by atoms with Crippen LogP contribution in [0.2, 0.25) is 5.02 Å². The molecule has 1 aromatic carbocycles. The number of nitrogens with two attached hydrogens (primary N) is 1. The second kappa shape index (κ2) is 4.45. The summed E-state index contributed by atoms with van der Waals surface area (Å²) in [5.74, 6) is 0. The Morgan fingerprint density at radius 3 is 2.85 bits per heavy atom. The van der Waals surface area contributed by atoms with Crippen LogP contribution >= 0.6 is 11.6 Å². The maximum Gasteiger partial charge on any atom is 0.0496 e. The van der Waals surface area contributed by atoms with E-state index < -0.39 is 0 Å². The lowest BCUT2D eigenvalue weighted by molar-refractivity contribution is 0.886. The van der Waals surface area contributed by atoms with Gasteiger partial charge in [0.2, 0.25) is 0 Å². The molecule has 0 heterocycles. The van der Waals surface area contributed by atoms with Crippen molar-refractivity contribution >= 4 is 11.6 Å². The van der Waals surface area contributed by atoms with Crippen molar-refractivity contribution in [3.63, 3.8) is 0 Å². The standard InChI is InChI=1S/C11H14ClN/c1-3-8-6-5-7-9(12)11(8)10(13)4-2/h4-7,10H,2-3,13H2,1H3/t10-/m0/s1. The van der Waals surface area contributed by atoms with Crippen LogP contribution in [-0.4, -0.2) is 0 Å². The number of aryl methyl sites for hydroxylation is 1. The second-order valence-corrected chi connectivity index (χ2v) is 3.33. The summed E-state index contributed by atoms with van der Waals surface area (Å²) in [7, 11) is 0. The molecule has 0 aromatic heterocycles. The van der Waals surface area contributed by atoms with Crippen molar-refractivity contribution in [1.29, 1.82) is 0 Å². The lowest BCUT2D eigenvalue weighted by Gasteiger charge is -2.13. The summed E-state index contributed by atoms with van der Waals surface area (Å²) < 4.78 is 0. The van der Waals surface area contributed by atoms with E-state index in [2.05, 4.69) is 13.5 Å². The fourth-order valence-electron chi connectivity index (χ4n) is 1.38. The van der Waals surface area contributed by atoms with Gasteiger partial charge in [0, 0.05) is 11.1 Å². The van der Waals surface area contributed by atoms with Gasteiger partial charge in [0.1, 0.15) is 0 Å². The summed E-state index contributed by atoms with van der Waals surface area (Å²) in [6.45, 7) is 5.76. The van der Waals surface area contributed by atoms with Crippen LogP contribution in [-0.2, 0) is 6.42 Å². The zero-order valence-corrected chi connectivity index (χ0v) is 8.51. The van der Waals surface area contributed by atoms with Gasteiger partial charge < -0.3 is 5.73 Å². The van der Waals surface area contributed by atoms with Gasteiger partial charge in [0.15, 0.2) is 0 Å². The van der Waals surface area contributed by atoms with E-state index in [1.807, 2.05) is 18.2 Å². The molecule has 70 valence electrons. The molecule has 0 amide bonds. The molecule has 1 aromatic rings. The molecule has 0 saturated carbocycles. The third-order valence-corrected chi connectivity index (χ3v) is 2.44. The minimum Gasteiger partial charge on any atom is -0.321 e. The van der Waals surface area contributed by atoms with Gasteiger partial charge in [-0.05, 0) is 23.6 Å². The molecular formula is C11H14ClN. The highest BCUT2D eigenvalue weighted by Crippen LogP contribution is 2.26. The van der Waals surface area contributed by atoms with Gasteiger partial charge in [-0.15, -0.1) is 6.58 Å². The third kappa shape index (κ3) is 2.11. The topological polar surface area (TPSA) is 26.0 Å². The smallest absolute Gasteiger partial charge is 0.0496 e. The molecule has 0 unspecified atom stereocenters. The molecule has 1 rings (SSSR count). The third-order valence-electron chi connectivity index (χ3n) is 2.11. The Hall–Kier alpha value is -0.790. The van der Waals surface area contributed by atoms with Crippen molar-refractivity contribution in [1.82, 2.24) is 0 Å². The normalized spacial score (nSPS) is 12.5. The zero-order chi connectivity index (χ0) is 9.84. The molecule has 0 spiro atoms. The van der Waals surface area contributed by atoms with Crippen molar-refractivity contribution in [2.24, 2.45) is 5.73 Å². The molecule has 0 bridgehead atoms. The molecule has 0 radical (unpaired) electrons. The van der Waals surface area contributed by atoms with Crippen LogP contribution < -0.4 is 5.73 Å². The van der Waals surface area contributed by atoms with Crippen LogP contribution in [0.1, 0.15) is 24.1 Å². The monoisotopic (exact) mass is 195 g/mol. The van der Waals surface area contributed by atoms with E-state index in [9.17, 15) is 0 Å². The van der Waals surface area contributed by atoms with Crippen molar-refractivity contribution in [3.05, 3.63) is 47.0 Å². The predicted molar refractivity (Wildman–Crippen MR) is 58.0 cm³/mol. The van der Waals surface area contributed by atoms with Crippen molar-refractivity contribution in [2.45, 2.75) is 19.4 Å². The molecule has 1 atom stereocenters. The van der Waals surface area contributed by atoms with Crippen LogP contribution in [0.5, 0.6) is 0 Å². The van der Waals surface area contributed by atoms with Gasteiger partial charge in [-0.25, -0.2) is 0 Å². The van der Waals surface area contributed by atoms with E-state index in [0.29, 0.717) is 0 Å². The molecule has 0 aliphatic heterocycles. The van der Waals surface area contributed by atoms with E-state index in [1.165, 1.54) is 5.56 Å². The summed E-state index contributed by atoms with van der Waals surface area (Å²) >= 11 is 6.05. The molecule has 13 heavy (non-hydrogen) atoms. The quantitative estimate of drug-likeness (QED) is 0.738. The maximum atomic E-state index is 6.05. The van der Waals surface area contributed by atoms with Gasteiger partial charge in [-0.3, -0.25) is 0 Å². The van der Waals surface area contributed by atoms with Gasteiger partial charge in [-0.2, -0.15) is 0 Å². The van der Waals surface area contributed by atoms with Crippen molar-refractivity contribution in [2.75, 3.05) is 0 Å². The lowest BCUT2D eigenvalue weighted by Crippen LogP contribution is -2.09. The Morgan fingerprint density at radius 1 is 1.62 bits per heavy atom. The minimum absolute atomic E-state index is 0.163. The fraction of sp³-hybridized carbons (Fsp3) is 0.273. The minimum atomic E-state index is -0.163. The molecular weight excluding hydrogens is 182 g/mol. The Balaban J connectivity index is 3.22. The summed E-state index contributed by atoms with van der Waals surface area (Å²) in [6, 6.07) is 5.69. The number of hydrogen-bond donors (Lipinski definition) is 1. The molecule has 0 fully saturated rings. The number of halogens is 1. The van der Waals surface area contributed by atoms with E-state index in [-0.39, 0.29) is 6.04 Å². The summed E-state index contributed by atoms with van der Waals surface area (Å²) in [6.07, 6.45) is 2.65. The average Bonchev–Trinajstić information content (AvgIpc) is 2.16. The zero-order valence-electron chi connectivity index (χ0n) is 7.76. The number of rotatable bonds is 3. The summed E-state index contributed by atoms with van der Waals surface area (Å²) in [5.41, 5.74) is 8.06. The lowest BCUT2D eigenvalue weighted by atomic mass is 9.99. The van der Waals surface area contributed by atoms with Gasteiger partial charge in [0.05, 0.1) is 0 Å².